The van der Waals surface area contributed by atoms with Gasteiger partial charge >= 0.3 is 0 Å². The normalized spacial score (nSPS) is 22.1. The third-order valence-corrected chi connectivity index (χ3v) is 5.08. The molecule has 0 bridgehead atoms. The van der Waals surface area contributed by atoms with Crippen LogP contribution in [0.15, 0.2) is 54.6 Å². The van der Waals surface area contributed by atoms with E-state index in [4.69, 9.17) is 0 Å². The lowest BCUT2D eigenvalue weighted by Gasteiger charge is -2.31. The van der Waals surface area contributed by atoms with Crippen molar-refractivity contribution >= 4 is 0 Å². The molecular weight excluding hydrogens is 256 g/mol. The highest BCUT2D eigenvalue weighted by molar-refractivity contribution is 5.63. The zero-order valence-corrected chi connectivity index (χ0v) is 12.9. The standard InChI is InChI=1S/C20H24O/c1-20(2)14-6-9-18(20)19(21)17-12-10-16(11-13-17)15-7-4-3-5-8-15/h3-5,7-8,10-13,18-19,21H,6,9,14H2,1-2H3. The van der Waals surface area contributed by atoms with Crippen LogP contribution in [-0.2, 0) is 0 Å². The van der Waals surface area contributed by atoms with Gasteiger partial charge in [-0.05, 0) is 40.9 Å². The van der Waals surface area contributed by atoms with Crippen LogP contribution in [0.5, 0.6) is 0 Å². The van der Waals surface area contributed by atoms with Crippen molar-refractivity contribution in [3.05, 3.63) is 60.2 Å². The van der Waals surface area contributed by atoms with E-state index in [1.807, 2.05) is 6.07 Å². The van der Waals surface area contributed by atoms with Gasteiger partial charge in [-0.1, -0.05) is 74.9 Å². The summed E-state index contributed by atoms with van der Waals surface area (Å²) in [5, 5.41) is 10.7. The molecule has 0 amide bonds. The van der Waals surface area contributed by atoms with Crippen LogP contribution in [0.25, 0.3) is 11.1 Å². The van der Waals surface area contributed by atoms with Crippen LogP contribution in [0.4, 0.5) is 0 Å². The Hall–Kier alpha value is -1.60. The molecule has 2 atom stereocenters. The van der Waals surface area contributed by atoms with E-state index in [1.165, 1.54) is 24.0 Å². The van der Waals surface area contributed by atoms with Crippen molar-refractivity contribution in [1.82, 2.24) is 0 Å². The van der Waals surface area contributed by atoms with Crippen molar-refractivity contribution in [2.24, 2.45) is 11.3 Å². The molecule has 21 heavy (non-hydrogen) atoms. The molecule has 3 rings (SSSR count). The van der Waals surface area contributed by atoms with Gasteiger partial charge in [-0.3, -0.25) is 0 Å². The molecule has 0 radical (unpaired) electrons. The predicted molar refractivity (Wildman–Crippen MR) is 88.0 cm³/mol. The second-order valence-corrected chi connectivity index (χ2v) is 6.92. The largest absolute Gasteiger partial charge is 0.388 e. The molecule has 0 saturated heterocycles. The first-order chi connectivity index (χ1) is 10.1. The molecule has 0 aliphatic heterocycles. The van der Waals surface area contributed by atoms with Crippen molar-refractivity contribution in [3.8, 4) is 11.1 Å². The summed E-state index contributed by atoms with van der Waals surface area (Å²) >= 11 is 0. The van der Waals surface area contributed by atoms with Gasteiger partial charge in [0.1, 0.15) is 0 Å². The number of aliphatic hydroxyl groups is 1. The minimum Gasteiger partial charge on any atom is -0.388 e. The number of hydrogen-bond acceptors (Lipinski definition) is 1. The van der Waals surface area contributed by atoms with Crippen LogP contribution in [-0.4, -0.2) is 5.11 Å². The highest BCUT2D eigenvalue weighted by Gasteiger charge is 2.39. The number of aliphatic hydroxyl groups excluding tert-OH is 1. The molecule has 0 spiro atoms. The maximum Gasteiger partial charge on any atom is 0.0823 e. The van der Waals surface area contributed by atoms with E-state index in [-0.39, 0.29) is 11.5 Å². The zero-order valence-electron chi connectivity index (χ0n) is 12.9. The molecule has 2 aromatic rings. The summed E-state index contributed by atoms with van der Waals surface area (Å²) in [7, 11) is 0. The molecule has 0 heterocycles. The quantitative estimate of drug-likeness (QED) is 0.818. The molecule has 1 aliphatic rings. The Morgan fingerprint density at radius 1 is 0.952 bits per heavy atom. The van der Waals surface area contributed by atoms with Crippen molar-refractivity contribution in [3.63, 3.8) is 0 Å². The van der Waals surface area contributed by atoms with E-state index in [1.54, 1.807) is 0 Å². The fraction of sp³-hybridized carbons (Fsp3) is 0.400. The molecule has 1 heteroatoms. The van der Waals surface area contributed by atoms with Crippen molar-refractivity contribution in [2.45, 2.75) is 39.2 Å². The Labute approximate surface area is 127 Å². The average molecular weight is 280 g/mol. The van der Waals surface area contributed by atoms with E-state index in [9.17, 15) is 5.11 Å². The second-order valence-electron chi connectivity index (χ2n) is 6.92. The van der Waals surface area contributed by atoms with Gasteiger partial charge in [-0.25, -0.2) is 0 Å². The van der Waals surface area contributed by atoms with Gasteiger partial charge in [0.25, 0.3) is 0 Å². The molecule has 1 saturated carbocycles. The number of benzene rings is 2. The Kier molecular flexibility index (Phi) is 3.86. The van der Waals surface area contributed by atoms with Crippen molar-refractivity contribution in [2.75, 3.05) is 0 Å². The van der Waals surface area contributed by atoms with Crippen LogP contribution >= 0.6 is 0 Å². The van der Waals surface area contributed by atoms with Crippen LogP contribution in [0.3, 0.4) is 0 Å². The zero-order chi connectivity index (χ0) is 14.9. The van der Waals surface area contributed by atoms with Crippen LogP contribution < -0.4 is 0 Å². The third kappa shape index (κ3) is 2.89. The Balaban J connectivity index is 1.81. The summed E-state index contributed by atoms with van der Waals surface area (Å²) in [6.45, 7) is 4.57. The van der Waals surface area contributed by atoms with Gasteiger partial charge < -0.3 is 5.11 Å². The van der Waals surface area contributed by atoms with Crippen molar-refractivity contribution in [1.29, 1.82) is 0 Å². The van der Waals surface area contributed by atoms with Crippen LogP contribution in [0, 0.1) is 11.3 Å². The number of hydrogen-bond donors (Lipinski definition) is 1. The maximum absolute atomic E-state index is 10.7. The number of rotatable bonds is 3. The van der Waals surface area contributed by atoms with E-state index in [0.717, 1.165) is 12.0 Å². The third-order valence-electron chi connectivity index (χ3n) is 5.08. The Bertz CT molecular complexity index is 583. The monoisotopic (exact) mass is 280 g/mol. The summed E-state index contributed by atoms with van der Waals surface area (Å²) in [4.78, 5) is 0. The first-order valence-corrected chi connectivity index (χ1v) is 7.91. The van der Waals surface area contributed by atoms with E-state index < -0.39 is 0 Å². The summed E-state index contributed by atoms with van der Waals surface area (Å²) < 4.78 is 0. The Morgan fingerprint density at radius 3 is 2.14 bits per heavy atom. The van der Waals surface area contributed by atoms with E-state index in [0.29, 0.717) is 5.92 Å². The minimum absolute atomic E-state index is 0.248. The topological polar surface area (TPSA) is 20.2 Å². The lowest BCUT2D eigenvalue weighted by molar-refractivity contribution is 0.0532. The van der Waals surface area contributed by atoms with Gasteiger partial charge in [0.15, 0.2) is 0 Å². The molecule has 0 aromatic heterocycles. The average Bonchev–Trinajstić information content (AvgIpc) is 2.87. The van der Waals surface area contributed by atoms with Crippen LogP contribution in [0.1, 0.15) is 44.8 Å². The minimum atomic E-state index is -0.340. The highest BCUT2D eigenvalue weighted by Crippen LogP contribution is 2.48. The van der Waals surface area contributed by atoms with Crippen LogP contribution in [0.2, 0.25) is 0 Å². The maximum atomic E-state index is 10.7. The lowest BCUT2D eigenvalue weighted by Crippen LogP contribution is -2.24. The summed E-state index contributed by atoms with van der Waals surface area (Å²) in [5.41, 5.74) is 3.73. The van der Waals surface area contributed by atoms with Gasteiger partial charge in [0.2, 0.25) is 0 Å². The Morgan fingerprint density at radius 2 is 1.57 bits per heavy atom. The fourth-order valence-corrected chi connectivity index (χ4v) is 3.67. The second kappa shape index (κ2) is 5.65. The summed E-state index contributed by atoms with van der Waals surface area (Å²) in [6, 6.07) is 18.8. The highest BCUT2D eigenvalue weighted by atomic mass is 16.3. The summed E-state index contributed by atoms with van der Waals surface area (Å²) in [6.07, 6.45) is 3.25. The lowest BCUT2D eigenvalue weighted by atomic mass is 9.76. The van der Waals surface area contributed by atoms with E-state index >= 15 is 0 Å². The molecule has 2 aromatic carbocycles. The van der Waals surface area contributed by atoms with Gasteiger partial charge in [-0.2, -0.15) is 0 Å². The molecule has 1 N–H and O–H groups in total. The predicted octanol–water partition coefficient (Wildman–Crippen LogP) is 5.21. The summed E-state index contributed by atoms with van der Waals surface area (Å²) in [5.74, 6) is 0.375. The molecule has 1 fully saturated rings. The first kappa shape index (κ1) is 14.3. The smallest absolute Gasteiger partial charge is 0.0823 e. The SMILES string of the molecule is CC1(C)CCCC1C(O)c1ccc(-c2ccccc2)cc1. The fourth-order valence-electron chi connectivity index (χ4n) is 3.67. The van der Waals surface area contributed by atoms with Crippen molar-refractivity contribution < 1.29 is 5.11 Å². The van der Waals surface area contributed by atoms with E-state index in [2.05, 4.69) is 62.4 Å². The molecule has 2 unspecified atom stereocenters. The van der Waals surface area contributed by atoms with Gasteiger partial charge in [-0.15, -0.1) is 0 Å². The molecule has 110 valence electrons. The van der Waals surface area contributed by atoms with Gasteiger partial charge in [0.05, 0.1) is 6.10 Å². The molecular formula is C20H24O. The molecule has 1 nitrogen and oxygen atoms in total. The van der Waals surface area contributed by atoms with Gasteiger partial charge in [0, 0.05) is 0 Å². The first-order valence-electron chi connectivity index (χ1n) is 7.91. The molecule has 1 aliphatic carbocycles.